The lowest BCUT2D eigenvalue weighted by Gasteiger charge is -2.21. The van der Waals surface area contributed by atoms with Gasteiger partial charge in [0.15, 0.2) is 5.78 Å². The molecule has 20 heavy (non-hydrogen) atoms. The van der Waals surface area contributed by atoms with E-state index in [0.717, 1.165) is 42.0 Å². The molecule has 0 saturated carbocycles. The van der Waals surface area contributed by atoms with Crippen LogP contribution in [0.15, 0.2) is 57.5 Å². The van der Waals surface area contributed by atoms with Crippen LogP contribution in [0, 0.1) is 0 Å². The van der Waals surface area contributed by atoms with Gasteiger partial charge in [-0.1, -0.05) is 42.5 Å². The molecule has 0 aromatic heterocycles. The maximum absolute atomic E-state index is 12.8. The first-order chi connectivity index (χ1) is 9.68. The van der Waals surface area contributed by atoms with E-state index in [-0.39, 0.29) is 5.78 Å². The zero-order valence-corrected chi connectivity index (χ0v) is 13.5. The van der Waals surface area contributed by atoms with Crippen LogP contribution in [-0.2, 0) is 0 Å². The van der Waals surface area contributed by atoms with Gasteiger partial charge in [0.1, 0.15) is 0 Å². The minimum atomic E-state index is 0.0810. The van der Waals surface area contributed by atoms with Crippen LogP contribution in [-0.4, -0.2) is 5.78 Å². The Morgan fingerprint density at radius 3 is 2.30 bits per heavy atom. The summed E-state index contributed by atoms with van der Waals surface area (Å²) in [6.07, 6.45) is 0. The van der Waals surface area contributed by atoms with Crippen LogP contribution in [0.4, 0.5) is 0 Å². The number of hydrogen-bond donors (Lipinski definition) is 0. The lowest BCUT2D eigenvalue weighted by atomic mass is 9.83. The average Bonchev–Trinajstić information content (AvgIpc) is 2.47. The highest BCUT2D eigenvalue weighted by Gasteiger charge is 2.27. The van der Waals surface area contributed by atoms with E-state index in [4.69, 9.17) is 0 Å². The van der Waals surface area contributed by atoms with Crippen LogP contribution in [0.25, 0.3) is 21.9 Å². The van der Waals surface area contributed by atoms with E-state index in [0.29, 0.717) is 0 Å². The summed E-state index contributed by atoms with van der Waals surface area (Å²) in [6, 6.07) is 16.0. The van der Waals surface area contributed by atoms with Crippen LogP contribution in [0.3, 0.4) is 0 Å². The van der Waals surface area contributed by atoms with Gasteiger partial charge in [-0.3, -0.25) is 4.79 Å². The highest BCUT2D eigenvalue weighted by Crippen LogP contribution is 2.44. The largest absolute Gasteiger partial charge is 0.289 e. The fourth-order valence-corrected chi connectivity index (χ4v) is 3.82. The topological polar surface area (TPSA) is 17.1 Å². The van der Waals surface area contributed by atoms with Gasteiger partial charge < -0.3 is 0 Å². The monoisotopic (exact) mass is 386 g/mol. The zero-order chi connectivity index (χ0) is 13.9. The Morgan fingerprint density at radius 2 is 1.50 bits per heavy atom. The van der Waals surface area contributed by atoms with E-state index >= 15 is 0 Å². The van der Waals surface area contributed by atoms with Crippen molar-refractivity contribution in [3.63, 3.8) is 0 Å². The predicted octanol–water partition coefficient (Wildman–Crippen LogP) is 5.58. The van der Waals surface area contributed by atoms with Crippen LogP contribution in [0.5, 0.6) is 0 Å². The van der Waals surface area contributed by atoms with Crippen molar-refractivity contribution in [3.05, 3.63) is 68.6 Å². The molecule has 0 bridgehead atoms. The van der Waals surface area contributed by atoms with Gasteiger partial charge in [0.2, 0.25) is 0 Å². The molecular weight excluding hydrogens is 380 g/mol. The number of carbonyl (C=O) groups is 1. The van der Waals surface area contributed by atoms with Crippen molar-refractivity contribution in [2.75, 3.05) is 0 Å². The highest BCUT2D eigenvalue weighted by molar-refractivity contribution is 9.13. The third-order valence-corrected chi connectivity index (χ3v) is 5.73. The lowest BCUT2D eigenvalue weighted by molar-refractivity contribution is 0.103. The highest BCUT2D eigenvalue weighted by atomic mass is 79.9. The van der Waals surface area contributed by atoms with Crippen LogP contribution in [0.2, 0.25) is 0 Å². The molecule has 0 amide bonds. The smallest absolute Gasteiger partial charge is 0.195 e. The molecule has 0 saturated heterocycles. The first-order valence-electron chi connectivity index (χ1n) is 6.23. The van der Waals surface area contributed by atoms with Crippen molar-refractivity contribution in [2.24, 2.45) is 0 Å². The number of halogens is 2. The second-order valence-electron chi connectivity index (χ2n) is 4.83. The van der Waals surface area contributed by atoms with Crippen molar-refractivity contribution < 1.29 is 4.79 Å². The molecule has 3 aromatic rings. The molecule has 0 atom stereocenters. The Balaban J connectivity index is 2.30. The molecule has 1 nitrogen and oxygen atoms in total. The standard InChI is InChI=1S/C17H8Br2O/c18-13-8-9-4-3-7-11-10-5-1-2-6-12(10)17(20)15(14(9)11)16(13)19/h1-8H. The second kappa shape index (κ2) is 4.27. The molecule has 0 aliphatic heterocycles. The van der Waals surface area contributed by atoms with E-state index in [2.05, 4.69) is 37.9 Å². The molecule has 3 heteroatoms. The van der Waals surface area contributed by atoms with Gasteiger partial charge in [0.05, 0.1) is 0 Å². The van der Waals surface area contributed by atoms with Crippen LogP contribution >= 0.6 is 31.9 Å². The predicted molar refractivity (Wildman–Crippen MR) is 88.2 cm³/mol. The fourth-order valence-electron chi connectivity index (χ4n) is 2.89. The minimum Gasteiger partial charge on any atom is -0.289 e. The van der Waals surface area contributed by atoms with Crippen LogP contribution in [0.1, 0.15) is 15.9 Å². The van der Waals surface area contributed by atoms with Gasteiger partial charge in [0, 0.05) is 25.5 Å². The summed E-state index contributed by atoms with van der Waals surface area (Å²) in [5, 5.41) is 2.11. The van der Waals surface area contributed by atoms with E-state index in [1.54, 1.807) is 0 Å². The summed E-state index contributed by atoms with van der Waals surface area (Å²) >= 11 is 7.08. The summed E-state index contributed by atoms with van der Waals surface area (Å²) < 4.78 is 1.74. The third kappa shape index (κ3) is 1.51. The maximum Gasteiger partial charge on any atom is 0.195 e. The normalized spacial score (nSPS) is 12.6. The summed E-state index contributed by atoms with van der Waals surface area (Å²) in [5.41, 5.74) is 3.67. The number of ketones is 1. The molecule has 0 radical (unpaired) electrons. The molecule has 1 aliphatic carbocycles. The van der Waals surface area contributed by atoms with Gasteiger partial charge in [-0.15, -0.1) is 0 Å². The van der Waals surface area contributed by atoms with Gasteiger partial charge >= 0.3 is 0 Å². The summed E-state index contributed by atoms with van der Waals surface area (Å²) in [6.45, 7) is 0. The number of fused-ring (bicyclic) bond motifs is 2. The first kappa shape index (κ1) is 12.3. The molecule has 96 valence electrons. The summed E-state index contributed by atoms with van der Waals surface area (Å²) in [5.74, 6) is 0.0810. The maximum atomic E-state index is 12.8. The molecule has 0 heterocycles. The van der Waals surface area contributed by atoms with E-state index in [1.807, 2.05) is 42.5 Å². The van der Waals surface area contributed by atoms with Gasteiger partial charge in [-0.25, -0.2) is 0 Å². The van der Waals surface area contributed by atoms with Crippen molar-refractivity contribution in [3.8, 4) is 11.1 Å². The van der Waals surface area contributed by atoms with Gasteiger partial charge in [-0.05, 0) is 54.4 Å². The Hall–Kier alpha value is -1.45. The molecule has 0 N–H and O–H groups in total. The van der Waals surface area contributed by atoms with Gasteiger partial charge in [0.25, 0.3) is 0 Å². The molecule has 1 aliphatic rings. The molecule has 0 fully saturated rings. The van der Waals surface area contributed by atoms with E-state index in [9.17, 15) is 4.79 Å². The van der Waals surface area contributed by atoms with Gasteiger partial charge in [-0.2, -0.15) is 0 Å². The SMILES string of the molecule is O=C1c2ccccc2-c2cccc3cc(Br)c(Br)c1c23. The summed E-state index contributed by atoms with van der Waals surface area (Å²) in [7, 11) is 0. The van der Waals surface area contributed by atoms with Crippen molar-refractivity contribution >= 4 is 48.4 Å². The van der Waals surface area contributed by atoms with Crippen LogP contribution < -0.4 is 0 Å². The Morgan fingerprint density at radius 1 is 0.800 bits per heavy atom. The Bertz CT molecular complexity index is 897. The summed E-state index contributed by atoms with van der Waals surface area (Å²) in [4.78, 5) is 12.8. The number of hydrogen-bond acceptors (Lipinski definition) is 1. The van der Waals surface area contributed by atoms with Crippen molar-refractivity contribution in [2.45, 2.75) is 0 Å². The minimum absolute atomic E-state index is 0.0810. The fraction of sp³-hybridized carbons (Fsp3) is 0. The third-order valence-electron chi connectivity index (χ3n) is 3.75. The number of benzene rings is 3. The van der Waals surface area contributed by atoms with Crippen molar-refractivity contribution in [1.82, 2.24) is 0 Å². The molecular formula is C17H8Br2O. The number of carbonyl (C=O) groups excluding carboxylic acids is 1. The number of rotatable bonds is 0. The molecule has 0 spiro atoms. The van der Waals surface area contributed by atoms with E-state index in [1.165, 1.54) is 0 Å². The molecule has 4 rings (SSSR count). The Kier molecular flexibility index (Phi) is 2.63. The molecule has 3 aromatic carbocycles. The Labute approximate surface area is 132 Å². The quantitative estimate of drug-likeness (QED) is 0.385. The zero-order valence-electron chi connectivity index (χ0n) is 10.3. The van der Waals surface area contributed by atoms with Crippen molar-refractivity contribution in [1.29, 1.82) is 0 Å². The second-order valence-corrected chi connectivity index (χ2v) is 6.47. The lowest BCUT2D eigenvalue weighted by Crippen LogP contribution is -2.10. The average molecular weight is 388 g/mol. The molecule has 0 unspecified atom stereocenters. The van der Waals surface area contributed by atoms with E-state index < -0.39 is 0 Å². The first-order valence-corrected chi connectivity index (χ1v) is 7.82.